The lowest BCUT2D eigenvalue weighted by atomic mass is 10.1. The van der Waals surface area contributed by atoms with Crippen molar-refractivity contribution < 1.29 is 9.47 Å². The van der Waals surface area contributed by atoms with Crippen molar-refractivity contribution in [3.63, 3.8) is 0 Å². The zero-order valence-corrected chi connectivity index (χ0v) is 49.5. The van der Waals surface area contributed by atoms with Gasteiger partial charge in [-0.05, 0) is 169 Å². The van der Waals surface area contributed by atoms with E-state index in [0.717, 1.165) is 118 Å². The summed E-state index contributed by atoms with van der Waals surface area (Å²) in [6, 6.07) is 44.4. The fourth-order valence-electron chi connectivity index (χ4n) is 9.87. The lowest BCUT2D eigenvalue weighted by Gasteiger charge is -2.36. The Morgan fingerprint density at radius 1 is 0.494 bits per heavy atom. The molecular weight excluding hydrogens is 1130 g/mol. The Labute approximate surface area is 488 Å². The molecule has 0 saturated carbocycles. The normalized spacial score (nSPS) is 14.6. The molecule has 0 amide bonds. The number of aromatic nitrogens is 2. The Hall–Kier alpha value is -5.75. The molecule has 8 heterocycles. The molecule has 13 rings (SSSR count). The van der Waals surface area contributed by atoms with Gasteiger partial charge in [0.1, 0.15) is 11.5 Å². The van der Waals surface area contributed by atoms with E-state index in [1.165, 1.54) is 84.5 Å². The second-order valence-electron chi connectivity index (χ2n) is 19.6. The van der Waals surface area contributed by atoms with Crippen LogP contribution in [0.25, 0.3) is 52.1 Å². The number of unbranched alkanes of at least 4 members (excludes halogenated alkanes) is 2. The highest BCUT2D eigenvalue weighted by atomic mass is 79.9. The Kier molecular flexibility index (Phi) is 22.5. The van der Waals surface area contributed by atoms with Crippen molar-refractivity contribution >= 4 is 125 Å². The zero-order chi connectivity index (χ0) is 54.4. The topological polar surface area (TPSA) is 118 Å². The molecule has 3 aliphatic rings. The Morgan fingerprint density at radius 3 is 1.47 bits per heavy atom. The highest BCUT2D eigenvalue weighted by Crippen LogP contribution is 2.33. The summed E-state index contributed by atoms with van der Waals surface area (Å²) in [5.41, 5.74) is 4.25. The van der Waals surface area contributed by atoms with Gasteiger partial charge < -0.3 is 39.9 Å². The maximum absolute atomic E-state index is 11.5. The lowest BCUT2D eigenvalue weighted by Crippen LogP contribution is -2.46. The standard InChI is InChI=1S/C25H27N3O2S.C13H14ClNO2.C13H15NS.C8H5BrS.C4H10N2/c29-25-9-7-19-6-8-20(18-22(19)26-25)30-16-2-1-11-27-12-14-28(15-13-27)23-4-3-5-24-21(23)10-17-31-24;14-7-1-2-8-17-11-5-3-10-4-6-13(16)15-12(10)9-11;1-2-8-14(9-3-1)12-5-4-6-13-11(12)7-10-15-13;9-7-2-1-3-8-6(7)4-5-10-8;1-2-6-4-3-5-1/h3-10,17-18H,1-2,11-16H2,(H,26,29);3-6,9H,1-2,7-8H2,(H,15,16);4-7,10H,1-3,8-9H2;1-5H;5-6H,1-4H2. The first-order chi connectivity index (χ1) is 38.9. The van der Waals surface area contributed by atoms with Crippen molar-refractivity contribution in [3.8, 4) is 11.5 Å². The molecular formula is C63H71BrClN7O4S3. The Bertz CT molecular complexity index is 3550. The number of rotatable bonds is 13. The molecule has 0 spiro atoms. The van der Waals surface area contributed by atoms with Gasteiger partial charge in [-0.1, -0.05) is 34.1 Å². The van der Waals surface area contributed by atoms with Crippen LogP contribution in [0.4, 0.5) is 11.4 Å². The van der Waals surface area contributed by atoms with E-state index < -0.39 is 0 Å². The maximum atomic E-state index is 11.5. The summed E-state index contributed by atoms with van der Waals surface area (Å²) >= 11 is 14.5. The molecule has 414 valence electrons. The predicted molar refractivity (Wildman–Crippen MR) is 343 cm³/mol. The van der Waals surface area contributed by atoms with Crippen LogP contribution in [0.5, 0.6) is 11.5 Å². The average Bonchev–Trinajstić information content (AvgIpc) is 4.35. The van der Waals surface area contributed by atoms with E-state index >= 15 is 0 Å². The van der Waals surface area contributed by atoms with Crippen LogP contribution in [-0.2, 0) is 0 Å². The Morgan fingerprint density at radius 2 is 0.962 bits per heavy atom. The quantitative estimate of drug-likeness (QED) is 0.0661. The monoisotopic (exact) mass is 1200 g/mol. The molecule has 0 bridgehead atoms. The van der Waals surface area contributed by atoms with Gasteiger partial charge in [0.2, 0.25) is 11.1 Å². The summed E-state index contributed by atoms with van der Waals surface area (Å²) in [5.74, 6) is 2.24. The number of hydrogen-bond acceptors (Lipinski definition) is 12. The van der Waals surface area contributed by atoms with Crippen LogP contribution in [-0.4, -0.2) is 106 Å². The summed E-state index contributed by atoms with van der Waals surface area (Å²) in [5, 5.41) is 19.1. The zero-order valence-electron chi connectivity index (χ0n) is 44.7. The van der Waals surface area contributed by atoms with Gasteiger partial charge in [-0.25, -0.2) is 0 Å². The van der Waals surface area contributed by atoms with Gasteiger partial charge in [0.15, 0.2) is 0 Å². The van der Waals surface area contributed by atoms with Crippen molar-refractivity contribution in [3.05, 3.63) is 175 Å². The molecule has 5 aromatic carbocycles. The van der Waals surface area contributed by atoms with Crippen molar-refractivity contribution in [2.24, 2.45) is 0 Å². The number of piperazine rings is 2. The number of benzene rings is 5. The van der Waals surface area contributed by atoms with Gasteiger partial charge in [-0.15, -0.1) is 45.6 Å². The van der Waals surface area contributed by atoms with Gasteiger partial charge in [0.05, 0.1) is 24.2 Å². The second kappa shape index (κ2) is 30.7. The first-order valence-electron chi connectivity index (χ1n) is 27.6. The van der Waals surface area contributed by atoms with Crippen molar-refractivity contribution in [2.75, 3.05) is 101 Å². The van der Waals surface area contributed by atoms with Crippen LogP contribution >= 0.6 is 61.5 Å². The van der Waals surface area contributed by atoms with E-state index in [-0.39, 0.29) is 11.1 Å². The first kappa shape index (κ1) is 57.9. The third-order valence-electron chi connectivity index (χ3n) is 14.1. The van der Waals surface area contributed by atoms with Gasteiger partial charge in [-0.3, -0.25) is 14.5 Å². The van der Waals surface area contributed by atoms with Gasteiger partial charge in [-0.2, -0.15) is 0 Å². The molecule has 0 unspecified atom stereocenters. The fraction of sp³-hybridized carbons (Fsp3) is 0.333. The van der Waals surface area contributed by atoms with Crippen LogP contribution in [0.15, 0.2) is 164 Å². The van der Waals surface area contributed by atoms with Crippen LogP contribution in [0.3, 0.4) is 0 Å². The van der Waals surface area contributed by atoms with Gasteiger partial charge in [0, 0.05) is 142 Å². The van der Waals surface area contributed by atoms with Crippen molar-refractivity contribution in [1.82, 2.24) is 25.5 Å². The van der Waals surface area contributed by atoms with E-state index in [2.05, 4.69) is 140 Å². The van der Waals surface area contributed by atoms with E-state index in [9.17, 15) is 9.59 Å². The van der Waals surface area contributed by atoms with Crippen LogP contribution in [0.1, 0.15) is 44.9 Å². The fourth-order valence-corrected chi connectivity index (χ4v) is 13.1. The predicted octanol–water partition coefficient (Wildman–Crippen LogP) is 14.4. The third-order valence-corrected chi connectivity index (χ3v) is 17.7. The molecule has 0 radical (unpaired) electrons. The number of aromatic amines is 2. The second-order valence-corrected chi connectivity index (χ2v) is 23.7. The number of hydrogen-bond donors (Lipinski definition) is 4. The Balaban J connectivity index is 0.000000133. The number of anilines is 2. The van der Waals surface area contributed by atoms with Crippen LogP contribution in [0.2, 0.25) is 0 Å². The van der Waals surface area contributed by atoms with Gasteiger partial charge in [0.25, 0.3) is 0 Å². The molecule has 4 N–H and O–H groups in total. The minimum Gasteiger partial charge on any atom is -0.494 e. The molecule has 79 heavy (non-hydrogen) atoms. The molecule has 10 aromatic rings. The number of nitrogens with one attached hydrogen (secondary N) is 4. The van der Waals surface area contributed by atoms with E-state index in [4.69, 9.17) is 21.1 Å². The van der Waals surface area contributed by atoms with E-state index in [1.807, 2.05) is 65.1 Å². The van der Waals surface area contributed by atoms with Crippen LogP contribution < -0.4 is 41.0 Å². The number of piperidine rings is 1. The maximum Gasteiger partial charge on any atom is 0.248 e. The molecule has 0 atom stereocenters. The highest BCUT2D eigenvalue weighted by molar-refractivity contribution is 9.10. The number of pyridine rings is 2. The van der Waals surface area contributed by atoms with Gasteiger partial charge >= 0.3 is 0 Å². The molecule has 3 fully saturated rings. The minimum atomic E-state index is -0.100. The molecule has 11 nitrogen and oxygen atoms in total. The minimum absolute atomic E-state index is 0.0863. The number of halogens is 2. The average molecular weight is 1200 g/mol. The van der Waals surface area contributed by atoms with Crippen LogP contribution in [0, 0.1) is 0 Å². The smallest absolute Gasteiger partial charge is 0.248 e. The SMILES string of the molecule is Brc1cccc2sccc12.C1CNCCN1.O=c1ccc2ccc(OCCCCCl)cc2[nH]1.O=c1ccc2ccc(OCCCCN3CCN(c4cccc5sccc45)CC3)cc2[nH]1.c1cc(N2CCCCC2)c2ccsc2c1. The summed E-state index contributed by atoms with van der Waals surface area (Å²) in [6.45, 7) is 13.9. The summed E-state index contributed by atoms with van der Waals surface area (Å²) in [6.07, 6.45) is 8.14. The van der Waals surface area contributed by atoms with Crippen molar-refractivity contribution in [1.29, 1.82) is 0 Å². The number of thiophene rings is 3. The highest BCUT2D eigenvalue weighted by Gasteiger charge is 2.19. The summed E-state index contributed by atoms with van der Waals surface area (Å²) in [4.78, 5) is 35.9. The van der Waals surface area contributed by atoms with E-state index in [1.54, 1.807) is 23.5 Å². The number of alkyl halides is 1. The first-order valence-corrected chi connectivity index (χ1v) is 31.6. The molecule has 0 aliphatic carbocycles. The summed E-state index contributed by atoms with van der Waals surface area (Å²) in [7, 11) is 0. The number of fused-ring (bicyclic) bond motifs is 5. The third kappa shape index (κ3) is 17.1. The molecule has 3 saturated heterocycles. The molecule has 5 aromatic heterocycles. The largest absolute Gasteiger partial charge is 0.494 e. The molecule has 16 heteroatoms. The number of nitrogens with zero attached hydrogens (tertiary/aromatic N) is 3. The van der Waals surface area contributed by atoms with Crippen molar-refractivity contribution in [2.45, 2.75) is 44.9 Å². The lowest BCUT2D eigenvalue weighted by molar-refractivity contribution is 0.239. The summed E-state index contributed by atoms with van der Waals surface area (Å²) < 4.78 is 16.8. The number of ether oxygens (including phenoxy) is 2. The van der Waals surface area contributed by atoms with E-state index in [0.29, 0.717) is 19.1 Å². The molecule has 3 aliphatic heterocycles. The number of H-pyrrole nitrogens is 2.